The summed E-state index contributed by atoms with van der Waals surface area (Å²) in [5, 5.41) is 0. The lowest BCUT2D eigenvalue weighted by Gasteiger charge is -2.18. The Labute approximate surface area is 450 Å². The SMILES string of the molecule is CC/C=C\C/C=C\C/C=C\C/C=C\C/C=C\CCCCCCCCCCCCCC(=O)OCC(COC(=O)CCCCCCC/C=C\CCCC)OC(=O)CCCCCCCCC/C=C\C/C=C\C/C=C\CC. The van der Waals surface area contributed by atoms with Crippen LogP contribution in [0.2, 0.25) is 0 Å². The molecule has 6 heteroatoms. The summed E-state index contributed by atoms with van der Waals surface area (Å²) in [6, 6.07) is 0. The maximum atomic E-state index is 12.9. The molecule has 0 aromatic carbocycles. The molecule has 0 aromatic rings. The first-order valence-corrected chi connectivity index (χ1v) is 30.4. The van der Waals surface area contributed by atoms with E-state index in [-0.39, 0.29) is 31.1 Å². The second-order valence-corrected chi connectivity index (χ2v) is 19.8. The van der Waals surface area contributed by atoms with Gasteiger partial charge >= 0.3 is 17.9 Å². The zero-order valence-electron chi connectivity index (χ0n) is 47.6. The molecule has 0 N–H and O–H groups in total. The second kappa shape index (κ2) is 60.6. The number of rotatable bonds is 54. The molecule has 0 heterocycles. The van der Waals surface area contributed by atoms with Gasteiger partial charge < -0.3 is 14.2 Å². The van der Waals surface area contributed by atoms with Gasteiger partial charge in [-0.2, -0.15) is 0 Å². The van der Waals surface area contributed by atoms with Crippen LogP contribution in [0.3, 0.4) is 0 Å². The molecule has 0 saturated carbocycles. The molecule has 0 aliphatic rings. The van der Waals surface area contributed by atoms with Gasteiger partial charge in [0.25, 0.3) is 0 Å². The molecule has 0 aromatic heterocycles. The molecule has 0 radical (unpaired) electrons. The van der Waals surface area contributed by atoms with E-state index in [4.69, 9.17) is 14.2 Å². The van der Waals surface area contributed by atoms with Crippen molar-refractivity contribution in [3.63, 3.8) is 0 Å². The van der Waals surface area contributed by atoms with Crippen molar-refractivity contribution < 1.29 is 28.6 Å². The molecule has 0 rings (SSSR count). The lowest BCUT2D eigenvalue weighted by molar-refractivity contribution is -0.167. The van der Waals surface area contributed by atoms with Crippen LogP contribution < -0.4 is 0 Å². The van der Waals surface area contributed by atoms with Crippen LogP contribution in [0.15, 0.2) is 109 Å². The summed E-state index contributed by atoms with van der Waals surface area (Å²) in [4.78, 5) is 38.2. The standard InChI is InChI=1S/C67H112O6/c1-4-7-10-13-16-19-22-24-26-28-29-30-31-32-33-34-35-36-37-39-40-42-45-48-51-54-57-60-66(69)72-63-64(62-71-65(68)59-56-53-50-47-44-21-18-15-12-9-6-3)73-67(70)61-58-55-52-49-46-43-41-38-27-25-23-20-17-14-11-8-5-2/h7-8,10-11,15-20,24-27,29-30,32-33,64H,4-6,9,12-14,21-23,28,31,34-63H2,1-3H3/b10-7-,11-8-,18-15-,19-16-,20-17-,26-24-,27-25-,30-29-,33-32-. The van der Waals surface area contributed by atoms with Crippen LogP contribution in [0.5, 0.6) is 0 Å². The Morgan fingerprint density at radius 1 is 0.288 bits per heavy atom. The van der Waals surface area contributed by atoms with Gasteiger partial charge in [0.05, 0.1) is 0 Å². The van der Waals surface area contributed by atoms with E-state index in [2.05, 4.69) is 130 Å². The number of carbonyl (C=O) groups is 3. The van der Waals surface area contributed by atoms with Crippen LogP contribution in [0.4, 0.5) is 0 Å². The summed E-state index contributed by atoms with van der Waals surface area (Å²) >= 11 is 0. The van der Waals surface area contributed by atoms with Gasteiger partial charge in [-0.3, -0.25) is 14.4 Å². The fourth-order valence-electron chi connectivity index (χ4n) is 8.23. The zero-order valence-corrected chi connectivity index (χ0v) is 47.6. The van der Waals surface area contributed by atoms with E-state index < -0.39 is 6.10 Å². The summed E-state index contributed by atoms with van der Waals surface area (Å²) < 4.78 is 16.9. The van der Waals surface area contributed by atoms with Gasteiger partial charge in [-0.05, 0) is 116 Å². The van der Waals surface area contributed by atoms with E-state index >= 15 is 0 Å². The van der Waals surface area contributed by atoms with Crippen molar-refractivity contribution >= 4 is 17.9 Å². The Morgan fingerprint density at radius 3 is 0.849 bits per heavy atom. The highest BCUT2D eigenvalue weighted by Crippen LogP contribution is 2.15. The number of hydrogen-bond donors (Lipinski definition) is 0. The quantitative estimate of drug-likeness (QED) is 0.0261. The van der Waals surface area contributed by atoms with Gasteiger partial charge in [-0.25, -0.2) is 0 Å². The lowest BCUT2D eigenvalue weighted by Crippen LogP contribution is -2.30. The van der Waals surface area contributed by atoms with Gasteiger partial charge in [0, 0.05) is 19.3 Å². The second-order valence-electron chi connectivity index (χ2n) is 19.8. The molecule has 0 aliphatic heterocycles. The van der Waals surface area contributed by atoms with Crippen molar-refractivity contribution in [3.8, 4) is 0 Å². The molecule has 73 heavy (non-hydrogen) atoms. The van der Waals surface area contributed by atoms with Crippen LogP contribution in [0.1, 0.15) is 278 Å². The summed E-state index contributed by atoms with van der Waals surface area (Å²) in [5.74, 6) is -0.906. The lowest BCUT2D eigenvalue weighted by atomic mass is 10.0. The molecular weight excluding hydrogens is 901 g/mol. The number of unbranched alkanes of at least 4 members (excludes halogenated alkanes) is 25. The molecule has 0 aliphatic carbocycles. The third kappa shape index (κ3) is 58.8. The third-order valence-electron chi connectivity index (χ3n) is 12.7. The highest BCUT2D eigenvalue weighted by Gasteiger charge is 2.19. The van der Waals surface area contributed by atoms with E-state index in [0.717, 1.165) is 122 Å². The normalized spacial score (nSPS) is 12.9. The van der Waals surface area contributed by atoms with Gasteiger partial charge in [-0.1, -0.05) is 252 Å². The van der Waals surface area contributed by atoms with Gasteiger partial charge in [-0.15, -0.1) is 0 Å². The Balaban J connectivity index is 4.28. The minimum Gasteiger partial charge on any atom is -0.462 e. The van der Waals surface area contributed by atoms with Crippen LogP contribution in [-0.4, -0.2) is 37.2 Å². The van der Waals surface area contributed by atoms with E-state index in [9.17, 15) is 14.4 Å². The molecule has 0 saturated heterocycles. The first-order chi connectivity index (χ1) is 36.0. The molecule has 6 nitrogen and oxygen atoms in total. The summed E-state index contributed by atoms with van der Waals surface area (Å²) in [7, 11) is 0. The smallest absolute Gasteiger partial charge is 0.306 e. The van der Waals surface area contributed by atoms with Crippen LogP contribution in [0, 0.1) is 0 Å². The van der Waals surface area contributed by atoms with Gasteiger partial charge in [0.1, 0.15) is 13.2 Å². The summed E-state index contributed by atoms with van der Waals surface area (Å²) in [5.41, 5.74) is 0. The Hall–Kier alpha value is -3.93. The average Bonchev–Trinajstić information content (AvgIpc) is 3.39. The van der Waals surface area contributed by atoms with Crippen LogP contribution >= 0.6 is 0 Å². The Kier molecular flexibility index (Phi) is 57.4. The first-order valence-electron chi connectivity index (χ1n) is 30.4. The highest BCUT2D eigenvalue weighted by molar-refractivity contribution is 5.71. The van der Waals surface area contributed by atoms with Gasteiger partial charge in [0.2, 0.25) is 0 Å². The third-order valence-corrected chi connectivity index (χ3v) is 12.7. The maximum absolute atomic E-state index is 12.9. The maximum Gasteiger partial charge on any atom is 0.306 e. The van der Waals surface area contributed by atoms with E-state index in [0.29, 0.717) is 19.3 Å². The number of hydrogen-bond acceptors (Lipinski definition) is 6. The molecule has 1 unspecified atom stereocenters. The number of esters is 3. The zero-order chi connectivity index (χ0) is 52.9. The summed E-state index contributed by atoms with van der Waals surface area (Å²) in [6.45, 7) is 6.37. The molecule has 416 valence electrons. The molecule has 0 amide bonds. The minimum atomic E-state index is -0.789. The van der Waals surface area contributed by atoms with E-state index in [1.807, 2.05) is 0 Å². The predicted molar refractivity (Wildman–Crippen MR) is 316 cm³/mol. The summed E-state index contributed by atoms with van der Waals surface area (Å²) in [6.07, 6.45) is 82.3. The van der Waals surface area contributed by atoms with Crippen molar-refractivity contribution in [3.05, 3.63) is 109 Å². The fourth-order valence-corrected chi connectivity index (χ4v) is 8.23. The minimum absolute atomic E-state index is 0.0866. The first kappa shape index (κ1) is 69.1. The van der Waals surface area contributed by atoms with Gasteiger partial charge in [0.15, 0.2) is 6.10 Å². The van der Waals surface area contributed by atoms with E-state index in [1.165, 1.54) is 116 Å². The van der Waals surface area contributed by atoms with Crippen molar-refractivity contribution in [2.45, 2.75) is 284 Å². The van der Waals surface area contributed by atoms with Crippen molar-refractivity contribution in [2.75, 3.05) is 13.2 Å². The van der Waals surface area contributed by atoms with Crippen LogP contribution in [-0.2, 0) is 28.6 Å². The monoisotopic (exact) mass is 1010 g/mol. The molecule has 1 atom stereocenters. The number of ether oxygens (including phenoxy) is 3. The topological polar surface area (TPSA) is 78.9 Å². The highest BCUT2D eigenvalue weighted by atomic mass is 16.6. The van der Waals surface area contributed by atoms with Crippen LogP contribution in [0.25, 0.3) is 0 Å². The largest absolute Gasteiger partial charge is 0.462 e. The molecule has 0 bridgehead atoms. The Morgan fingerprint density at radius 2 is 0.534 bits per heavy atom. The van der Waals surface area contributed by atoms with Crippen molar-refractivity contribution in [2.24, 2.45) is 0 Å². The average molecular weight is 1010 g/mol. The molecule has 0 fully saturated rings. The predicted octanol–water partition coefficient (Wildman–Crippen LogP) is 20.7. The number of allylic oxidation sites excluding steroid dienone is 18. The van der Waals surface area contributed by atoms with Crippen molar-refractivity contribution in [1.82, 2.24) is 0 Å². The molecular formula is C67H112O6. The van der Waals surface area contributed by atoms with E-state index in [1.54, 1.807) is 0 Å². The van der Waals surface area contributed by atoms with Crippen molar-refractivity contribution in [1.29, 1.82) is 0 Å². The Bertz CT molecular complexity index is 1490. The number of carbonyl (C=O) groups excluding carboxylic acids is 3. The fraction of sp³-hybridized carbons (Fsp3) is 0.687. The molecule has 0 spiro atoms.